The topological polar surface area (TPSA) is 768 Å². The van der Waals surface area contributed by atoms with Crippen LogP contribution in [0.25, 0.3) is 22.3 Å². The maximum Gasteiger partial charge on any atom is 0.481 e. The Morgan fingerprint density at radius 3 is 1.37 bits per heavy atom. The molecule has 0 radical (unpaired) electrons. The van der Waals surface area contributed by atoms with Gasteiger partial charge in [-0.1, -0.05) is 27.7 Å². The van der Waals surface area contributed by atoms with Crippen LogP contribution in [0.4, 0.5) is 11.6 Å². The number of hydrogen-bond donors (Lipinski definition) is 21. The minimum atomic E-state index is -5.70. The Hall–Kier alpha value is -4.96. The smallest absolute Gasteiger partial charge is 0.396 e. The fraction of sp³-hybridized carbons (Fsp3) is 0.667. The highest BCUT2D eigenvalue weighted by atomic mass is 32.2. The summed E-state index contributed by atoms with van der Waals surface area (Å²) in [7, 11) is -35.7. The van der Waals surface area contributed by atoms with Crippen molar-refractivity contribution in [3.63, 3.8) is 0 Å². The van der Waals surface area contributed by atoms with Crippen LogP contribution >= 0.6 is 69.6 Å². The summed E-state index contributed by atoms with van der Waals surface area (Å²) in [6, 6.07) is 0. The van der Waals surface area contributed by atoms with Gasteiger partial charge in [-0.15, -0.1) is 22.7 Å². The van der Waals surface area contributed by atoms with Crippen LogP contribution in [0, 0.1) is 10.8 Å². The van der Waals surface area contributed by atoms with Gasteiger partial charge in [-0.2, -0.15) is 8.62 Å². The molecule has 600 valence electrons. The Bertz CT molecular complexity index is 4060. The molecule has 4 amide bonds. The summed E-state index contributed by atoms with van der Waals surface area (Å²) >= 11 is 0.801. The van der Waals surface area contributed by atoms with Gasteiger partial charge in [0.25, 0.3) is 0 Å². The number of phosphoric ester groups is 6. The number of aromatic nitrogens is 8. The quantitative estimate of drug-likeness (QED) is 0.00863. The number of thiol groups is 1. The van der Waals surface area contributed by atoms with Gasteiger partial charge in [0, 0.05) is 67.8 Å². The van der Waals surface area contributed by atoms with Gasteiger partial charge in [-0.05, 0) is 0 Å². The molecular weight excluding hydrogens is 1600 g/mol. The number of hydrogen-bond acceptors (Lipinski definition) is 37. The van der Waals surface area contributed by atoms with Gasteiger partial charge >= 0.3 is 46.9 Å². The van der Waals surface area contributed by atoms with E-state index in [2.05, 4.69) is 68.8 Å². The molecule has 16 atom stereocenters. The molecule has 6 rings (SSSR count). The fourth-order valence-corrected chi connectivity index (χ4v) is 17.9. The maximum absolute atomic E-state index is 13.3. The predicted octanol–water partition coefficient (Wildman–Crippen LogP) is -4.30. The molecule has 22 N–H and O–H groups in total. The Labute approximate surface area is 604 Å². The van der Waals surface area contributed by atoms with Gasteiger partial charge in [0.2, 0.25) is 23.6 Å². The van der Waals surface area contributed by atoms with Crippen molar-refractivity contribution in [2.24, 2.45) is 10.8 Å². The van der Waals surface area contributed by atoms with Crippen molar-refractivity contribution < 1.29 is 171 Å². The number of ether oxygens (including phenoxy) is 2. The van der Waals surface area contributed by atoms with Crippen LogP contribution in [0.1, 0.15) is 65.8 Å². The maximum atomic E-state index is 13.3. The predicted molar refractivity (Wildman–Crippen MR) is 358 cm³/mol. The molecule has 0 saturated carbocycles. The lowest BCUT2D eigenvalue weighted by Crippen LogP contribution is -2.46. The number of nitrogen functional groups attached to an aromatic ring is 2. The molecule has 4 aromatic heterocycles. The summed E-state index contributed by atoms with van der Waals surface area (Å²) in [6.45, 7) is -1.61. The number of aliphatic hydroxyl groups is 6. The lowest BCUT2D eigenvalue weighted by atomic mass is 9.87. The summed E-state index contributed by atoms with van der Waals surface area (Å²) in [5, 5.41) is 71.6. The van der Waals surface area contributed by atoms with Gasteiger partial charge in [-0.25, -0.2) is 57.3 Å². The fourth-order valence-electron chi connectivity index (χ4n) is 9.51. The molecule has 50 nitrogen and oxygen atoms in total. The minimum absolute atomic E-state index is 0.00617. The van der Waals surface area contributed by atoms with E-state index in [4.69, 9.17) is 39.0 Å². The normalized spacial score (nSPS) is 23.2. The van der Waals surface area contributed by atoms with E-state index in [-0.39, 0.29) is 71.5 Å². The van der Waals surface area contributed by atoms with Crippen molar-refractivity contribution in [2.75, 3.05) is 82.2 Å². The summed E-state index contributed by atoms with van der Waals surface area (Å²) in [4.78, 5) is 180. The summed E-state index contributed by atoms with van der Waals surface area (Å²) in [5.74, 6) is -4.04. The molecular formula is C48H80N14O36P6S2. The highest BCUT2D eigenvalue weighted by Gasteiger charge is 2.53. The van der Waals surface area contributed by atoms with Crippen molar-refractivity contribution in [3.8, 4) is 0 Å². The van der Waals surface area contributed by atoms with E-state index in [1.807, 2.05) is 0 Å². The monoisotopic (exact) mass is 1680 g/mol. The number of rotatable bonds is 43. The van der Waals surface area contributed by atoms with Crippen molar-refractivity contribution >= 4 is 137 Å². The number of fused-ring (bicyclic) bond motifs is 2. The second-order valence-corrected chi connectivity index (χ2v) is 36.1. The first-order valence-corrected chi connectivity index (χ1v) is 42.2. The Balaban J connectivity index is 0.841. The Kier molecular flexibility index (Phi) is 32.1. The zero-order valence-corrected chi connectivity index (χ0v) is 62.9. The Morgan fingerprint density at radius 1 is 0.575 bits per heavy atom. The van der Waals surface area contributed by atoms with Crippen LogP contribution < -0.4 is 32.7 Å². The molecule has 0 aliphatic carbocycles. The van der Waals surface area contributed by atoms with Crippen LogP contribution in [-0.2, 0) is 101 Å². The molecule has 4 aromatic rings. The van der Waals surface area contributed by atoms with Gasteiger partial charge in [0.15, 0.2) is 45.6 Å². The van der Waals surface area contributed by atoms with Crippen molar-refractivity contribution in [3.05, 3.63) is 25.3 Å². The van der Waals surface area contributed by atoms with Gasteiger partial charge in [0.1, 0.15) is 78.0 Å². The van der Waals surface area contributed by atoms with Crippen LogP contribution in [0.5, 0.6) is 0 Å². The summed E-state index contributed by atoms with van der Waals surface area (Å²) in [6.07, 6.45) is -16.4. The van der Waals surface area contributed by atoms with E-state index >= 15 is 0 Å². The van der Waals surface area contributed by atoms with Crippen LogP contribution in [0.15, 0.2) is 25.3 Å². The van der Waals surface area contributed by atoms with Gasteiger partial charge < -0.3 is 112 Å². The average molecular weight is 1680 g/mol. The highest BCUT2D eigenvalue weighted by Crippen LogP contribution is 2.63. The number of anilines is 2. The average Bonchev–Trinajstić information content (AvgIpc) is 1.62. The lowest BCUT2D eigenvalue weighted by molar-refractivity contribution is -0.137. The van der Waals surface area contributed by atoms with Crippen molar-refractivity contribution in [1.82, 2.24) is 60.3 Å². The highest BCUT2D eigenvalue weighted by molar-refractivity contribution is 8.41. The number of carbonyl (C=O) groups is 6. The number of nitrogens with two attached hydrogens (primary N) is 2. The van der Waals surface area contributed by atoms with Gasteiger partial charge in [0.05, 0.1) is 52.1 Å². The van der Waals surface area contributed by atoms with E-state index in [1.54, 1.807) is 0 Å². The number of thioether (sulfide) groups is 1. The van der Waals surface area contributed by atoms with Crippen molar-refractivity contribution in [1.29, 1.82) is 0 Å². The SMILES string of the molecule is CC(C)(COP(=O)(O)OP(=O)(O)OC[C@H]1O[C@@H](n2cnc3c(N)ncnc32)[C@H](O)[C@@H]1OP(=O)(O)O)C(O)C(=O)NCCC(=O)NCCSC(O)CC(=O)[SH](CCNC(=O)CCNC(=O)C(O)C(C)(C)COP(=O)(O)OP(=O)(O)OC[C@H]1O[C@@H](n2cnc3c(N)ncnc32)[C@H](O)[C@@H]1OP(=O)(O)O)C(=O)CCO. The minimum Gasteiger partial charge on any atom is -0.396 e. The molecule has 106 heavy (non-hydrogen) atoms. The number of aliphatic hydroxyl groups excluding tert-OH is 6. The van der Waals surface area contributed by atoms with E-state index in [9.17, 15) is 126 Å². The van der Waals surface area contributed by atoms with Crippen LogP contribution in [-0.4, -0.2) is 268 Å². The first-order chi connectivity index (χ1) is 49.1. The van der Waals surface area contributed by atoms with E-state index in [0.29, 0.717) is 0 Å². The molecule has 6 heterocycles. The standard InChI is InChI=1S/C48H80N14O36P6S2/c1-47(2,18-91-103(85,86)97-101(81,82)89-16-24-35(95-99(75,76)77)33(69)45(93-24)61-22-59-31-39(49)55-20-57-41(31)61)37(71)43(73)53-8-5-26(64)51-10-13-105-28(66)15-30(68)106(29(67)7-12-63)14-11-52-27(65)6-9-54-44(74)38(72)48(3,4)19-92-104(87,88)98-102(83,84)90-17-25-36(96-100(78,79)80)34(70)46(94-25)62-23-60-32-40(50)56-21-58-42(32)62/h20-25,28,33-38,45-46,63,66,69-72,106H,5-19H2,1-4H3,(H,51,64)(H,52,65)(H,53,73)(H,54,74)(H,81,82)(H,83,84)(H,85,86)(H,87,88)(H2,49,55,57)(H2,50,56,58)(H2,75,76,77)(H2,78,79,80)/t24-,25-,28?,33-,34-,35-,36-,37?,38?,45-,46-/m1/s1. The first kappa shape index (κ1) is 89.9. The van der Waals surface area contributed by atoms with Crippen molar-refractivity contribution in [2.45, 2.75) is 120 Å². The number of imidazole rings is 2. The molecule has 2 fully saturated rings. The van der Waals surface area contributed by atoms with E-state index in [0.717, 1.165) is 60.1 Å². The first-order valence-electron chi connectivity index (χ1n) is 30.6. The zero-order valence-electron chi connectivity index (χ0n) is 55.8. The number of phosphoric acid groups is 6. The zero-order chi connectivity index (χ0) is 79.3. The molecule has 2 saturated heterocycles. The molecule has 0 aromatic carbocycles. The van der Waals surface area contributed by atoms with Gasteiger partial charge in [-0.3, -0.25) is 65.0 Å². The summed E-state index contributed by atoms with van der Waals surface area (Å²) < 4.78 is 125. The lowest BCUT2D eigenvalue weighted by Gasteiger charge is -2.30. The molecule has 0 bridgehead atoms. The largest absolute Gasteiger partial charge is 0.481 e. The number of amides is 4. The number of nitrogens with zero attached hydrogens (tertiary/aromatic N) is 8. The third-order valence-corrected chi connectivity index (χ3v) is 24.3. The molecule has 2 aliphatic rings. The van der Waals surface area contributed by atoms with E-state index < -0.39 is 228 Å². The second-order valence-electron chi connectivity index (χ2n) is 24.1. The number of nitrogens with one attached hydrogen (secondary N) is 4. The van der Waals surface area contributed by atoms with Crippen LogP contribution in [0.2, 0.25) is 0 Å². The number of carbonyl (C=O) groups excluding carboxylic acids is 6. The molecule has 0 spiro atoms. The van der Waals surface area contributed by atoms with Crippen LogP contribution in [0.3, 0.4) is 0 Å². The third kappa shape index (κ3) is 26.6. The Morgan fingerprint density at radius 2 is 0.972 bits per heavy atom. The molecule has 58 heteroatoms. The third-order valence-electron chi connectivity index (χ3n) is 14.8. The van der Waals surface area contributed by atoms with E-state index in [1.165, 1.54) is 13.8 Å². The second kappa shape index (κ2) is 37.8. The molecule has 2 aliphatic heterocycles. The summed E-state index contributed by atoms with van der Waals surface area (Å²) in [5.41, 5.74) is 6.64. The molecule has 8 unspecified atom stereocenters.